The number of carbonyl (C=O) groups excluding carboxylic acids is 1. The second-order valence-corrected chi connectivity index (χ2v) is 5.14. The molecule has 1 aromatic rings. The van der Waals surface area contributed by atoms with E-state index in [1.165, 1.54) is 5.56 Å². The second kappa shape index (κ2) is 10.5. The van der Waals surface area contributed by atoms with Gasteiger partial charge in [0.05, 0.1) is 7.11 Å². The fraction of sp³-hybridized carbons (Fsp3) is 0.529. The van der Waals surface area contributed by atoms with Gasteiger partial charge in [-0.25, -0.2) is 4.99 Å². The van der Waals surface area contributed by atoms with Crippen LogP contribution >= 0.6 is 0 Å². The number of hydrogen-bond acceptors (Lipinski definition) is 3. The van der Waals surface area contributed by atoms with Crippen molar-refractivity contribution in [3.05, 3.63) is 29.3 Å². The van der Waals surface area contributed by atoms with Crippen LogP contribution in [0.15, 0.2) is 23.2 Å². The highest BCUT2D eigenvalue weighted by molar-refractivity contribution is 5.84. The first-order chi connectivity index (χ1) is 11.1. The van der Waals surface area contributed by atoms with Crippen LogP contribution in [-0.2, 0) is 11.2 Å². The summed E-state index contributed by atoms with van der Waals surface area (Å²) in [4.78, 5) is 15.8. The lowest BCUT2D eigenvalue weighted by Gasteiger charge is -2.13. The molecule has 6 nitrogen and oxygen atoms in total. The third-order valence-corrected chi connectivity index (χ3v) is 3.22. The Balaban J connectivity index is 2.57. The number of nitrogens with one attached hydrogen (secondary N) is 3. The minimum Gasteiger partial charge on any atom is -0.496 e. The smallest absolute Gasteiger partial charge is 0.241 e. The Morgan fingerprint density at radius 3 is 2.57 bits per heavy atom. The highest BCUT2D eigenvalue weighted by atomic mass is 16.5. The quantitative estimate of drug-likeness (QED) is 0.498. The van der Waals surface area contributed by atoms with Gasteiger partial charge in [0.25, 0.3) is 0 Å². The van der Waals surface area contributed by atoms with Gasteiger partial charge in [0, 0.05) is 19.6 Å². The molecular weight excluding hydrogens is 292 g/mol. The molecule has 0 heterocycles. The van der Waals surface area contributed by atoms with Gasteiger partial charge in [-0.2, -0.15) is 0 Å². The summed E-state index contributed by atoms with van der Waals surface area (Å²) in [5.41, 5.74) is 2.36. The number of likely N-dealkylation sites (N-methyl/N-ethyl adjacent to an activating group) is 1. The summed E-state index contributed by atoms with van der Waals surface area (Å²) in [5.74, 6) is 1.46. The van der Waals surface area contributed by atoms with Crippen molar-refractivity contribution in [2.24, 2.45) is 4.99 Å². The highest BCUT2D eigenvalue weighted by Gasteiger charge is 2.05. The van der Waals surface area contributed by atoms with Gasteiger partial charge in [0.2, 0.25) is 5.91 Å². The first kappa shape index (κ1) is 18.8. The number of methoxy groups -OCH3 is 1. The third-order valence-electron chi connectivity index (χ3n) is 3.22. The number of benzene rings is 1. The summed E-state index contributed by atoms with van der Waals surface area (Å²) in [6, 6.07) is 6.14. The Morgan fingerprint density at radius 1 is 1.17 bits per heavy atom. The first-order valence-electron chi connectivity index (χ1n) is 8.03. The molecule has 0 saturated carbocycles. The van der Waals surface area contributed by atoms with Crippen LogP contribution in [0.4, 0.5) is 0 Å². The van der Waals surface area contributed by atoms with Crippen LogP contribution in [0.3, 0.4) is 0 Å². The second-order valence-electron chi connectivity index (χ2n) is 5.14. The number of rotatable bonds is 8. The van der Waals surface area contributed by atoms with Gasteiger partial charge in [0.15, 0.2) is 5.96 Å². The van der Waals surface area contributed by atoms with Crippen molar-refractivity contribution in [1.29, 1.82) is 0 Å². The number of hydrogen-bond donors (Lipinski definition) is 3. The molecule has 0 atom stereocenters. The van der Waals surface area contributed by atoms with Crippen LogP contribution in [0.2, 0.25) is 0 Å². The summed E-state index contributed by atoms with van der Waals surface area (Å²) in [5, 5.41) is 9.10. The van der Waals surface area contributed by atoms with Gasteiger partial charge in [-0.3, -0.25) is 4.79 Å². The number of amides is 1. The van der Waals surface area contributed by atoms with Gasteiger partial charge < -0.3 is 20.7 Å². The first-order valence-corrected chi connectivity index (χ1v) is 8.03. The SMILES string of the molecule is CCNC(=O)CN=C(NCC)NCCc1cc(C)ccc1OC. The third kappa shape index (κ3) is 7.04. The standard InChI is InChI=1S/C17H28N4O2/c1-5-18-16(22)12-21-17(19-6-2)20-10-9-14-11-13(3)7-8-15(14)23-4/h7-8,11H,5-6,9-10,12H2,1-4H3,(H,18,22)(H2,19,20,21). The Labute approximate surface area is 138 Å². The molecule has 3 N–H and O–H groups in total. The average Bonchev–Trinajstić information content (AvgIpc) is 2.53. The van der Waals surface area contributed by atoms with Crippen molar-refractivity contribution in [3.63, 3.8) is 0 Å². The van der Waals surface area contributed by atoms with Crippen molar-refractivity contribution < 1.29 is 9.53 Å². The number of guanidine groups is 1. The van der Waals surface area contributed by atoms with Crippen LogP contribution in [0, 0.1) is 6.92 Å². The Kier molecular flexibility index (Phi) is 8.57. The van der Waals surface area contributed by atoms with Crippen LogP contribution in [-0.4, -0.2) is 45.2 Å². The molecule has 0 spiro atoms. The summed E-state index contributed by atoms with van der Waals surface area (Å²) in [6.07, 6.45) is 0.816. The zero-order valence-corrected chi connectivity index (χ0v) is 14.5. The van der Waals surface area contributed by atoms with Crippen molar-refractivity contribution in [3.8, 4) is 5.75 Å². The van der Waals surface area contributed by atoms with E-state index in [0.717, 1.165) is 24.3 Å². The normalized spacial score (nSPS) is 11.0. The number of ether oxygens (including phenoxy) is 1. The van der Waals surface area contributed by atoms with Crippen molar-refractivity contribution in [1.82, 2.24) is 16.0 Å². The summed E-state index contributed by atoms with van der Waals surface area (Å²) >= 11 is 0. The Hall–Kier alpha value is -2.24. The van der Waals surface area contributed by atoms with Crippen molar-refractivity contribution >= 4 is 11.9 Å². The monoisotopic (exact) mass is 320 g/mol. The summed E-state index contributed by atoms with van der Waals surface area (Å²) in [7, 11) is 1.68. The molecule has 128 valence electrons. The van der Waals surface area contributed by atoms with E-state index in [-0.39, 0.29) is 12.5 Å². The fourth-order valence-electron chi connectivity index (χ4n) is 2.16. The highest BCUT2D eigenvalue weighted by Crippen LogP contribution is 2.19. The molecular formula is C17H28N4O2. The van der Waals surface area contributed by atoms with E-state index >= 15 is 0 Å². The lowest BCUT2D eigenvalue weighted by molar-refractivity contribution is -0.119. The molecule has 1 rings (SSSR count). The van der Waals surface area contributed by atoms with E-state index < -0.39 is 0 Å². The molecule has 0 radical (unpaired) electrons. The van der Waals surface area contributed by atoms with Crippen LogP contribution in [0.1, 0.15) is 25.0 Å². The molecule has 6 heteroatoms. The molecule has 0 aromatic heterocycles. The summed E-state index contributed by atoms with van der Waals surface area (Å²) < 4.78 is 5.38. The molecule has 1 aromatic carbocycles. The zero-order valence-electron chi connectivity index (χ0n) is 14.5. The van der Waals surface area contributed by atoms with Crippen molar-refractivity contribution in [2.45, 2.75) is 27.2 Å². The predicted molar refractivity (Wildman–Crippen MR) is 94.1 cm³/mol. The van der Waals surface area contributed by atoms with Crippen LogP contribution in [0.5, 0.6) is 5.75 Å². The molecule has 0 fully saturated rings. The minimum atomic E-state index is -0.0787. The maximum atomic E-state index is 11.5. The molecule has 0 aliphatic heterocycles. The molecule has 0 bridgehead atoms. The molecule has 1 amide bonds. The lowest BCUT2D eigenvalue weighted by Crippen LogP contribution is -2.39. The van der Waals surface area contributed by atoms with Crippen LogP contribution in [0.25, 0.3) is 0 Å². The van der Waals surface area contributed by atoms with E-state index in [1.54, 1.807) is 7.11 Å². The Bertz CT molecular complexity index is 529. The van der Waals surface area contributed by atoms with E-state index in [9.17, 15) is 4.79 Å². The van der Waals surface area contributed by atoms with Crippen LogP contribution < -0.4 is 20.7 Å². The molecule has 0 saturated heterocycles. The van der Waals surface area contributed by atoms with Gasteiger partial charge >= 0.3 is 0 Å². The predicted octanol–water partition coefficient (Wildman–Crippen LogP) is 1.24. The molecule has 23 heavy (non-hydrogen) atoms. The van der Waals surface area contributed by atoms with E-state index in [1.807, 2.05) is 26.0 Å². The molecule has 0 aliphatic rings. The van der Waals surface area contributed by atoms with Gasteiger partial charge in [-0.05, 0) is 38.8 Å². The largest absolute Gasteiger partial charge is 0.496 e. The van der Waals surface area contributed by atoms with E-state index in [4.69, 9.17) is 4.74 Å². The summed E-state index contributed by atoms with van der Waals surface area (Å²) in [6.45, 7) is 8.14. The Morgan fingerprint density at radius 2 is 1.91 bits per heavy atom. The number of aliphatic imine (C=N–C) groups is 1. The minimum absolute atomic E-state index is 0.0787. The topological polar surface area (TPSA) is 74.8 Å². The van der Waals surface area contributed by atoms with E-state index in [0.29, 0.717) is 19.0 Å². The fourth-order valence-corrected chi connectivity index (χ4v) is 2.16. The average molecular weight is 320 g/mol. The maximum Gasteiger partial charge on any atom is 0.241 e. The number of carbonyl (C=O) groups is 1. The van der Waals surface area contributed by atoms with Crippen molar-refractivity contribution in [2.75, 3.05) is 33.3 Å². The van der Waals surface area contributed by atoms with Gasteiger partial charge in [-0.15, -0.1) is 0 Å². The van der Waals surface area contributed by atoms with E-state index in [2.05, 4.69) is 33.9 Å². The molecule has 0 unspecified atom stereocenters. The maximum absolute atomic E-state index is 11.5. The van der Waals surface area contributed by atoms with Gasteiger partial charge in [-0.1, -0.05) is 17.7 Å². The number of aryl methyl sites for hydroxylation is 1. The molecule has 0 aliphatic carbocycles. The van der Waals surface area contributed by atoms with Gasteiger partial charge in [0.1, 0.15) is 12.3 Å². The lowest BCUT2D eigenvalue weighted by atomic mass is 10.1. The zero-order chi connectivity index (χ0) is 17.1. The number of nitrogens with zero attached hydrogens (tertiary/aromatic N) is 1.